The van der Waals surface area contributed by atoms with Crippen molar-refractivity contribution in [1.82, 2.24) is 0 Å². The van der Waals surface area contributed by atoms with Crippen molar-refractivity contribution in [2.75, 3.05) is 0 Å². The molecule has 1 atom stereocenters. The van der Waals surface area contributed by atoms with Crippen molar-refractivity contribution < 1.29 is 9.90 Å². The van der Waals surface area contributed by atoms with Crippen LogP contribution >= 0.6 is 15.9 Å². The molecule has 0 radical (unpaired) electrons. The maximum Gasteiger partial charge on any atom is 0.331 e. The van der Waals surface area contributed by atoms with E-state index in [1.165, 1.54) is 5.56 Å². The van der Waals surface area contributed by atoms with Gasteiger partial charge >= 0.3 is 5.97 Å². The monoisotopic (exact) mass is 266 g/mol. The topological polar surface area (TPSA) is 37.3 Å². The van der Waals surface area contributed by atoms with E-state index in [1.807, 2.05) is 12.1 Å². The Morgan fingerprint density at radius 2 is 2.27 bits per heavy atom. The molecule has 1 aromatic rings. The second-order valence-electron chi connectivity index (χ2n) is 3.76. The SMILES string of the molecule is C=C(C(=O)O)C1CCc2cc(Br)ccc21. The van der Waals surface area contributed by atoms with Crippen LogP contribution in [0.25, 0.3) is 0 Å². The highest BCUT2D eigenvalue weighted by Crippen LogP contribution is 2.38. The molecule has 0 saturated carbocycles. The first-order chi connectivity index (χ1) is 7.09. The molecule has 1 N–H and O–H groups in total. The third kappa shape index (κ3) is 1.84. The molecule has 0 fully saturated rings. The molecule has 0 aliphatic heterocycles. The summed E-state index contributed by atoms with van der Waals surface area (Å²) in [6.45, 7) is 3.65. The number of halogens is 1. The molecule has 1 aromatic carbocycles. The van der Waals surface area contributed by atoms with Gasteiger partial charge in [-0.25, -0.2) is 4.79 Å². The number of hydrogen-bond acceptors (Lipinski definition) is 1. The summed E-state index contributed by atoms with van der Waals surface area (Å²) in [7, 11) is 0. The molecule has 0 saturated heterocycles. The van der Waals surface area contributed by atoms with E-state index in [-0.39, 0.29) is 5.92 Å². The molecular formula is C12H11BrO2. The molecule has 0 amide bonds. The number of carbonyl (C=O) groups is 1. The van der Waals surface area contributed by atoms with E-state index in [2.05, 4.69) is 28.6 Å². The molecule has 1 aliphatic rings. The zero-order chi connectivity index (χ0) is 11.0. The first kappa shape index (κ1) is 10.4. The second-order valence-corrected chi connectivity index (χ2v) is 4.68. The van der Waals surface area contributed by atoms with Gasteiger partial charge in [-0.3, -0.25) is 0 Å². The quantitative estimate of drug-likeness (QED) is 0.836. The van der Waals surface area contributed by atoms with Gasteiger partial charge in [-0.2, -0.15) is 0 Å². The molecule has 78 valence electrons. The molecule has 1 aliphatic carbocycles. The Hall–Kier alpha value is -1.09. The van der Waals surface area contributed by atoms with Crippen LogP contribution in [0.4, 0.5) is 0 Å². The third-order valence-electron chi connectivity index (χ3n) is 2.88. The van der Waals surface area contributed by atoms with Gasteiger partial charge in [-0.1, -0.05) is 28.6 Å². The molecular weight excluding hydrogens is 256 g/mol. The highest BCUT2D eigenvalue weighted by Gasteiger charge is 2.27. The van der Waals surface area contributed by atoms with E-state index < -0.39 is 5.97 Å². The van der Waals surface area contributed by atoms with Gasteiger partial charge < -0.3 is 5.11 Å². The van der Waals surface area contributed by atoms with Crippen molar-refractivity contribution in [3.8, 4) is 0 Å². The Morgan fingerprint density at radius 3 is 2.93 bits per heavy atom. The number of rotatable bonds is 2. The lowest BCUT2D eigenvalue weighted by Gasteiger charge is -2.10. The minimum absolute atomic E-state index is 0.00870. The Balaban J connectivity index is 2.37. The van der Waals surface area contributed by atoms with Crippen LogP contribution in [0.1, 0.15) is 23.5 Å². The second kappa shape index (κ2) is 3.81. The summed E-state index contributed by atoms with van der Waals surface area (Å²) >= 11 is 3.41. The van der Waals surface area contributed by atoms with Gasteiger partial charge in [0.05, 0.1) is 0 Å². The highest BCUT2D eigenvalue weighted by atomic mass is 79.9. The van der Waals surface area contributed by atoms with Crippen molar-refractivity contribution in [3.05, 3.63) is 46.0 Å². The van der Waals surface area contributed by atoms with Crippen LogP contribution in [-0.4, -0.2) is 11.1 Å². The van der Waals surface area contributed by atoms with Crippen LogP contribution in [0.15, 0.2) is 34.8 Å². The maximum atomic E-state index is 10.9. The maximum absolute atomic E-state index is 10.9. The number of aryl methyl sites for hydroxylation is 1. The van der Waals surface area contributed by atoms with Crippen molar-refractivity contribution in [1.29, 1.82) is 0 Å². The zero-order valence-electron chi connectivity index (χ0n) is 8.16. The summed E-state index contributed by atoms with van der Waals surface area (Å²) in [5.74, 6) is -0.902. The van der Waals surface area contributed by atoms with E-state index >= 15 is 0 Å². The molecule has 1 unspecified atom stereocenters. The van der Waals surface area contributed by atoms with Crippen LogP contribution in [0.5, 0.6) is 0 Å². The van der Waals surface area contributed by atoms with Gasteiger partial charge in [0.2, 0.25) is 0 Å². The molecule has 15 heavy (non-hydrogen) atoms. The van der Waals surface area contributed by atoms with Gasteiger partial charge in [-0.15, -0.1) is 0 Å². The normalized spacial score (nSPS) is 18.6. The molecule has 2 rings (SSSR count). The fourth-order valence-electron chi connectivity index (χ4n) is 2.10. The Labute approximate surface area is 96.7 Å². The predicted octanol–water partition coefficient (Wildman–Crippen LogP) is 3.12. The van der Waals surface area contributed by atoms with Crippen molar-refractivity contribution in [2.24, 2.45) is 0 Å². The van der Waals surface area contributed by atoms with E-state index in [0.29, 0.717) is 5.57 Å². The number of carboxylic acids is 1. The van der Waals surface area contributed by atoms with Gasteiger partial charge in [0.25, 0.3) is 0 Å². The van der Waals surface area contributed by atoms with Crippen LogP contribution in [-0.2, 0) is 11.2 Å². The molecule has 0 spiro atoms. The van der Waals surface area contributed by atoms with Gasteiger partial charge in [0.15, 0.2) is 0 Å². The average molecular weight is 267 g/mol. The van der Waals surface area contributed by atoms with Crippen molar-refractivity contribution >= 4 is 21.9 Å². The number of aliphatic carboxylic acids is 1. The highest BCUT2D eigenvalue weighted by molar-refractivity contribution is 9.10. The number of benzene rings is 1. The summed E-state index contributed by atoms with van der Waals surface area (Å²) in [5.41, 5.74) is 2.65. The molecule has 3 heteroatoms. The van der Waals surface area contributed by atoms with E-state index in [4.69, 9.17) is 5.11 Å². The lowest BCUT2D eigenvalue weighted by atomic mass is 9.94. The summed E-state index contributed by atoms with van der Waals surface area (Å²) in [6, 6.07) is 6.00. The van der Waals surface area contributed by atoms with Crippen LogP contribution in [0, 0.1) is 0 Å². The predicted molar refractivity (Wildman–Crippen MR) is 62.0 cm³/mol. The van der Waals surface area contributed by atoms with Crippen molar-refractivity contribution in [2.45, 2.75) is 18.8 Å². The number of hydrogen-bond donors (Lipinski definition) is 1. The standard InChI is InChI=1S/C12H11BrO2/c1-7(12(14)15)10-4-2-8-6-9(13)3-5-11(8)10/h3,5-6,10H,1-2,4H2,(H,14,15). The van der Waals surface area contributed by atoms with E-state index in [0.717, 1.165) is 22.9 Å². The summed E-state index contributed by atoms with van der Waals surface area (Å²) in [5, 5.41) is 8.91. The first-order valence-corrected chi connectivity index (χ1v) is 5.59. The fraction of sp³-hybridized carbons (Fsp3) is 0.250. The van der Waals surface area contributed by atoms with Gasteiger partial charge in [-0.05, 0) is 36.1 Å². The van der Waals surface area contributed by atoms with Crippen LogP contribution in [0.2, 0.25) is 0 Å². The number of carboxylic acid groups (broad SMARTS) is 1. The molecule has 0 aromatic heterocycles. The Morgan fingerprint density at radius 1 is 1.53 bits per heavy atom. The number of fused-ring (bicyclic) bond motifs is 1. The summed E-state index contributed by atoms with van der Waals surface area (Å²) < 4.78 is 1.04. The fourth-order valence-corrected chi connectivity index (χ4v) is 2.51. The van der Waals surface area contributed by atoms with Gasteiger partial charge in [0.1, 0.15) is 0 Å². The average Bonchev–Trinajstić information content (AvgIpc) is 2.59. The van der Waals surface area contributed by atoms with E-state index in [9.17, 15) is 4.79 Å². The summed E-state index contributed by atoms with van der Waals surface area (Å²) in [4.78, 5) is 10.9. The van der Waals surface area contributed by atoms with Crippen LogP contribution < -0.4 is 0 Å². The van der Waals surface area contributed by atoms with Gasteiger partial charge in [0, 0.05) is 16.0 Å². The Bertz CT molecular complexity index is 437. The molecule has 0 bridgehead atoms. The third-order valence-corrected chi connectivity index (χ3v) is 3.37. The lowest BCUT2D eigenvalue weighted by Crippen LogP contribution is -2.07. The molecule has 2 nitrogen and oxygen atoms in total. The Kier molecular flexibility index (Phi) is 2.65. The minimum atomic E-state index is -0.893. The smallest absolute Gasteiger partial charge is 0.331 e. The minimum Gasteiger partial charge on any atom is -0.478 e. The lowest BCUT2D eigenvalue weighted by molar-refractivity contribution is -0.132. The van der Waals surface area contributed by atoms with Crippen LogP contribution in [0.3, 0.4) is 0 Å². The zero-order valence-corrected chi connectivity index (χ0v) is 9.75. The largest absolute Gasteiger partial charge is 0.478 e. The first-order valence-electron chi connectivity index (χ1n) is 4.80. The van der Waals surface area contributed by atoms with E-state index in [1.54, 1.807) is 0 Å². The summed E-state index contributed by atoms with van der Waals surface area (Å²) in [6.07, 6.45) is 1.79. The molecule has 0 heterocycles. The van der Waals surface area contributed by atoms with Crippen molar-refractivity contribution in [3.63, 3.8) is 0 Å².